The van der Waals surface area contributed by atoms with E-state index in [2.05, 4.69) is 5.32 Å². The minimum atomic E-state index is 0.0788. The molecular weight excluding hydrogens is 256 g/mol. The minimum Gasteiger partial charge on any atom is -0.493 e. The van der Waals surface area contributed by atoms with Gasteiger partial charge in [0, 0.05) is 26.7 Å². The molecule has 2 rings (SSSR count). The van der Waals surface area contributed by atoms with Gasteiger partial charge in [-0.1, -0.05) is 18.2 Å². The van der Waals surface area contributed by atoms with E-state index in [-0.39, 0.29) is 12.0 Å². The van der Waals surface area contributed by atoms with E-state index >= 15 is 0 Å². The van der Waals surface area contributed by atoms with Gasteiger partial charge in [0.2, 0.25) is 5.91 Å². The molecule has 1 amide bonds. The third kappa shape index (κ3) is 4.83. The van der Waals surface area contributed by atoms with Crippen molar-refractivity contribution in [3.05, 3.63) is 30.3 Å². The molecule has 1 fully saturated rings. The van der Waals surface area contributed by atoms with Crippen LogP contribution in [0.1, 0.15) is 6.42 Å². The zero-order chi connectivity index (χ0) is 14.2. The number of morpholine rings is 1. The molecule has 5 heteroatoms. The summed E-state index contributed by atoms with van der Waals surface area (Å²) in [5, 5.41) is 3.26. The Bertz CT molecular complexity index is 405. The zero-order valence-electron chi connectivity index (χ0n) is 11.9. The van der Waals surface area contributed by atoms with Gasteiger partial charge in [0.15, 0.2) is 0 Å². The molecule has 1 atom stereocenters. The topological polar surface area (TPSA) is 50.8 Å². The summed E-state index contributed by atoms with van der Waals surface area (Å²) < 4.78 is 11.1. The van der Waals surface area contributed by atoms with Crippen molar-refractivity contribution in [2.75, 3.05) is 39.9 Å². The van der Waals surface area contributed by atoms with Gasteiger partial charge in [-0.05, 0) is 12.1 Å². The van der Waals surface area contributed by atoms with Crippen LogP contribution in [0.15, 0.2) is 30.3 Å². The van der Waals surface area contributed by atoms with E-state index < -0.39 is 0 Å². The maximum Gasteiger partial charge on any atom is 0.225 e. The Morgan fingerprint density at radius 3 is 2.95 bits per heavy atom. The summed E-state index contributed by atoms with van der Waals surface area (Å²) in [7, 11) is 1.81. The summed E-state index contributed by atoms with van der Waals surface area (Å²) in [6.07, 6.45) is 0.471. The average molecular weight is 278 g/mol. The lowest BCUT2D eigenvalue weighted by molar-refractivity contribution is -0.132. The van der Waals surface area contributed by atoms with Crippen LogP contribution < -0.4 is 10.1 Å². The first kappa shape index (κ1) is 14.8. The number of hydrogen-bond acceptors (Lipinski definition) is 4. The second kappa shape index (κ2) is 7.87. The fourth-order valence-electron chi connectivity index (χ4n) is 2.11. The molecule has 1 aromatic rings. The molecule has 1 aliphatic heterocycles. The van der Waals surface area contributed by atoms with Gasteiger partial charge in [0.25, 0.3) is 0 Å². The number of para-hydroxylation sites is 1. The highest BCUT2D eigenvalue weighted by molar-refractivity contribution is 5.76. The number of hydrogen-bond donors (Lipinski definition) is 1. The summed E-state index contributed by atoms with van der Waals surface area (Å²) in [5.74, 6) is 0.873. The first-order chi connectivity index (χ1) is 9.75. The van der Waals surface area contributed by atoms with Gasteiger partial charge >= 0.3 is 0 Å². The third-order valence-corrected chi connectivity index (χ3v) is 3.24. The average Bonchev–Trinajstić information content (AvgIpc) is 2.49. The van der Waals surface area contributed by atoms with Crippen molar-refractivity contribution in [3.63, 3.8) is 0 Å². The highest BCUT2D eigenvalue weighted by Crippen LogP contribution is 2.09. The maximum absolute atomic E-state index is 12.0. The second-order valence-electron chi connectivity index (χ2n) is 4.88. The third-order valence-electron chi connectivity index (χ3n) is 3.24. The van der Waals surface area contributed by atoms with Gasteiger partial charge in [0.1, 0.15) is 5.75 Å². The largest absolute Gasteiger partial charge is 0.493 e. The quantitative estimate of drug-likeness (QED) is 0.840. The van der Waals surface area contributed by atoms with Gasteiger partial charge in [0.05, 0.1) is 25.7 Å². The SMILES string of the molecule is CN(CC1CNCCO1)C(=O)CCOc1ccccc1. The molecule has 5 nitrogen and oxygen atoms in total. The van der Waals surface area contributed by atoms with Crippen LogP contribution in [0.3, 0.4) is 0 Å². The van der Waals surface area contributed by atoms with E-state index in [1.807, 2.05) is 37.4 Å². The fourth-order valence-corrected chi connectivity index (χ4v) is 2.11. The molecule has 0 spiro atoms. The van der Waals surface area contributed by atoms with Crippen LogP contribution in [0, 0.1) is 0 Å². The molecule has 1 unspecified atom stereocenters. The Balaban J connectivity index is 1.65. The number of amides is 1. The Morgan fingerprint density at radius 1 is 1.45 bits per heavy atom. The number of likely N-dealkylation sites (N-methyl/N-ethyl adjacent to an activating group) is 1. The summed E-state index contributed by atoms with van der Waals surface area (Å²) in [4.78, 5) is 13.7. The molecule has 1 saturated heterocycles. The molecule has 0 aliphatic carbocycles. The van der Waals surface area contributed by atoms with Crippen LogP contribution in [-0.2, 0) is 9.53 Å². The lowest BCUT2D eigenvalue weighted by atomic mass is 10.2. The van der Waals surface area contributed by atoms with Gasteiger partial charge in [-0.3, -0.25) is 4.79 Å². The van der Waals surface area contributed by atoms with E-state index in [4.69, 9.17) is 9.47 Å². The number of benzene rings is 1. The molecule has 1 heterocycles. The molecular formula is C15H22N2O3. The van der Waals surface area contributed by atoms with Crippen molar-refractivity contribution >= 4 is 5.91 Å². The van der Waals surface area contributed by atoms with Crippen LogP contribution in [0.4, 0.5) is 0 Å². The lowest BCUT2D eigenvalue weighted by Crippen LogP contribution is -2.45. The molecule has 0 aromatic heterocycles. The Kier molecular flexibility index (Phi) is 5.83. The Hall–Kier alpha value is -1.59. The van der Waals surface area contributed by atoms with Gasteiger partial charge in [-0.2, -0.15) is 0 Å². The summed E-state index contributed by atoms with van der Waals surface area (Å²) in [6, 6.07) is 9.53. The number of nitrogens with one attached hydrogen (secondary N) is 1. The van der Waals surface area contributed by atoms with E-state index in [9.17, 15) is 4.79 Å². The monoisotopic (exact) mass is 278 g/mol. The number of rotatable bonds is 6. The van der Waals surface area contributed by atoms with E-state index in [0.717, 1.165) is 18.8 Å². The standard InChI is InChI=1S/C15H22N2O3/c1-17(12-14-11-16-8-10-20-14)15(18)7-9-19-13-5-3-2-4-6-13/h2-6,14,16H,7-12H2,1H3. The molecule has 0 bridgehead atoms. The highest BCUT2D eigenvalue weighted by atomic mass is 16.5. The van der Waals surface area contributed by atoms with Crippen molar-refractivity contribution in [2.24, 2.45) is 0 Å². The number of carbonyl (C=O) groups is 1. The molecule has 110 valence electrons. The fraction of sp³-hybridized carbons (Fsp3) is 0.533. The number of carbonyl (C=O) groups excluding carboxylic acids is 1. The molecule has 1 N–H and O–H groups in total. The van der Waals surface area contributed by atoms with Gasteiger partial charge < -0.3 is 19.7 Å². The predicted octanol–water partition coefficient (Wildman–Crippen LogP) is 0.902. The molecule has 0 radical (unpaired) electrons. The molecule has 20 heavy (non-hydrogen) atoms. The maximum atomic E-state index is 12.0. The summed E-state index contributed by atoms with van der Waals surface area (Å²) in [6.45, 7) is 3.43. The molecule has 1 aromatic carbocycles. The number of ether oxygens (including phenoxy) is 2. The van der Waals surface area contributed by atoms with Crippen LogP contribution in [0.5, 0.6) is 5.75 Å². The van der Waals surface area contributed by atoms with Crippen molar-refractivity contribution < 1.29 is 14.3 Å². The first-order valence-corrected chi connectivity index (χ1v) is 7.00. The van der Waals surface area contributed by atoms with E-state index in [0.29, 0.717) is 26.2 Å². The minimum absolute atomic E-state index is 0.0788. The highest BCUT2D eigenvalue weighted by Gasteiger charge is 2.18. The van der Waals surface area contributed by atoms with Gasteiger partial charge in [-0.25, -0.2) is 0 Å². The normalized spacial score (nSPS) is 18.6. The Labute approximate surface area is 119 Å². The van der Waals surface area contributed by atoms with E-state index in [1.165, 1.54) is 0 Å². The van der Waals surface area contributed by atoms with E-state index in [1.54, 1.807) is 4.90 Å². The van der Waals surface area contributed by atoms with Crippen LogP contribution in [-0.4, -0.2) is 56.8 Å². The number of nitrogens with zero attached hydrogens (tertiary/aromatic N) is 1. The Morgan fingerprint density at radius 2 is 2.25 bits per heavy atom. The van der Waals surface area contributed by atoms with Crippen molar-refractivity contribution in [1.29, 1.82) is 0 Å². The van der Waals surface area contributed by atoms with Crippen LogP contribution in [0.2, 0.25) is 0 Å². The van der Waals surface area contributed by atoms with Crippen molar-refractivity contribution in [3.8, 4) is 5.75 Å². The smallest absolute Gasteiger partial charge is 0.225 e. The summed E-state index contributed by atoms with van der Waals surface area (Å²) >= 11 is 0. The van der Waals surface area contributed by atoms with Crippen molar-refractivity contribution in [2.45, 2.75) is 12.5 Å². The predicted molar refractivity (Wildman–Crippen MR) is 76.8 cm³/mol. The molecule has 1 aliphatic rings. The van der Waals surface area contributed by atoms with Crippen molar-refractivity contribution in [1.82, 2.24) is 10.2 Å². The summed E-state index contributed by atoms with van der Waals surface area (Å²) in [5.41, 5.74) is 0. The van der Waals surface area contributed by atoms with Crippen LogP contribution in [0.25, 0.3) is 0 Å². The molecule has 0 saturated carbocycles. The van der Waals surface area contributed by atoms with Gasteiger partial charge in [-0.15, -0.1) is 0 Å². The zero-order valence-corrected chi connectivity index (χ0v) is 11.9. The van der Waals surface area contributed by atoms with Crippen LogP contribution >= 0.6 is 0 Å². The second-order valence-corrected chi connectivity index (χ2v) is 4.88. The lowest BCUT2D eigenvalue weighted by Gasteiger charge is -2.28. The first-order valence-electron chi connectivity index (χ1n) is 7.00.